The summed E-state index contributed by atoms with van der Waals surface area (Å²) in [6.07, 6.45) is 1.40. The highest BCUT2D eigenvalue weighted by molar-refractivity contribution is 5.78. The third-order valence-corrected chi connectivity index (χ3v) is 4.14. The SMILES string of the molecule is CC(Cc1c(F)cccc1F)NC(=O)CN1Cc2nc[nH]c(=O)c2C1. The van der Waals surface area contributed by atoms with E-state index in [0.717, 1.165) is 0 Å². The fourth-order valence-corrected chi connectivity index (χ4v) is 2.98. The minimum atomic E-state index is -0.624. The number of hydrogen-bond donors (Lipinski definition) is 2. The predicted molar refractivity (Wildman–Crippen MR) is 86.6 cm³/mol. The molecule has 2 heterocycles. The molecule has 1 aromatic carbocycles. The number of H-pyrrole nitrogens is 1. The third kappa shape index (κ3) is 3.90. The summed E-state index contributed by atoms with van der Waals surface area (Å²) in [4.78, 5) is 32.3. The molecule has 0 bridgehead atoms. The van der Waals surface area contributed by atoms with Crippen LogP contribution >= 0.6 is 0 Å². The summed E-state index contributed by atoms with van der Waals surface area (Å²) in [7, 11) is 0. The third-order valence-electron chi connectivity index (χ3n) is 4.14. The summed E-state index contributed by atoms with van der Waals surface area (Å²) in [5, 5.41) is 2.73. The van der Waals surface area contributed by atoms with Crippen molar-refractivity contribution in [2.24, 2.45) is 0 Å². The van der Waals surface area contributed by atoms with Crippen LogP contribution in [0.2, 0.25) is 0 Å². The van der Waals surface area contributed by atoms with Crippen LogP contribution in [0.4, 0.5) is 8.78 Å². The summed E-state index contributed by atoms with van der Waals surface area (Å²) < 4.78 is 27.3. The zero-order valence-corrected chi connectivity index (χ0v) is 13.7. The number of nitrogens with zero attached hydrogens (tertiary/aromatic N) is 2. The summed E-state index contributed by atoms with van der Waals surface area (Å²) in [5.74, 6) is -1.52. The van der Waals surface area contributed by atoms with Crippen LogP contribution in [-0.4, -0.2) is 33.4 Å². The first kappa shape index (κ1) is 17.2. The van der Waals surface area contributed by atoms with E-state index in [1.165, 1.54) is 24.5 Å². The first-order valence-corrected chi connectivity index (χ1v) is 7.94. The monoisotopic (exact) mass is 348 g/mol. The topological polar surface area (TPSA) is 78.1 Å². The first-order valence-electron chi connectivity index (χ1n) is 7.94. The zero-order chi connectivity index (χ0) is 18.0. The van der Waals surface area contributed by atoms with Gasteiger partial charge in [-0.15, -0.1) is 0 Å². The smallest absolute Gasteiger partial charge is 0.255 e. The Balaban J connectivity index is 1.55. The summed E-state index contributed by atoms with van der Waals surface area (Å²) in [6, 6.07) is 3.26. The quantitative estimate of drug-likeness (QED) is 0.849. The molecule has 25 heavy (non-hydrogen) atoms. The van der Waals surface area contributed by atoms with Crippen molar-refractivity contribution in [2.45, 2.75) is 32.5 Å². The fourth-order valence-electron chi connectivity index (χ4n) is 2.98. The lowest BCUT2D eigenvalue weighted by atomic mass is 10.1. The molecule has 1 aromatic heterocycles. The number of hydrogen-bond acceptors (Lipinski definition) is 4. The number of amides is 1. The van der Waals surface area contributed by atoms with Gasteiger partial charge in [0.1, 0.15) is 11.6 Å². The molecule has 8 heteroatoms. The molecule has 2 aromatic rings. The van der Waals surface area contributed by atoms with Crippen LogP contribution in [0, 0.1) is 11.6 Å². The molecule has 1 unspecified atom stereocenters. The van der Waals surface area contributed by atoms with E-state index < -0.39 is 17.7 Å². The maximum atomic E-state index is 13.7. The van der Waals surface area contributed by atoms with E-state index in [4.69, 9.17) is 0 Å². The van der Waals surface area contributed by atoms with Gasteiger partial charge in [0.25, 0.3) is 5.56 Å². The van der Waals surface area contributed by atoms with E-state index in [1.807, 2.05) is 0 Å². The molecule has 0 radical (unpaired) electrons. The van der Waals surface area contributed by atoms with Crippen molar-refractivity contribution in [2.75, 3.05) is 6.54 Å². The Labute approximate surface area is 142 Å². The Kier molecular flexibility index (Phi) is 4.89. The Hall–Kier alpha value is -2.61. The lowest BCUT2D eigenvalue weighted by Gasteiger charge is -2.18. The van der Waals surface area contributed by atoms with Crippen LogP contribution in [0.15, 0.2) is 29.3 Å². The summed E-state index contributed by atoms with van der Waals surface area (Å²) >= 11 is 0. The van der Waals surface area contributed by atoms with Crippen LogP contribution in [0.1, 0.15) is 23.7 Å². The lowest BCUT2D eigenvalue weighted by molar-refractivity contribution is -0.123. The van der Waals surface area contributed by atoms with Crippen molar-refractivity contribution in [1.82, 2.24) is 20.2 Å². The van der Waals surface area contributed by atoms with Gasteiger partial charge < -0.3 is 10.3 Å². The molecule has 1 aliphatic heterocycles. The molecular weight excluding hydrogens is 330 g/mol. The number of aromatic nitrogens is 2. The maximum Gasteiger partial charge on any atom is 0.255 e. The Bertz CT molecular complexity index is 833. The van der Waals surface area contributed by atoms with Gasteiger partial charge in [-0.05, 0) is 25.5 Å². The Morgan fingerprint density at radius 3 is 2.76 bits per heavy atom. The predicted octanol–water partition coefficient (Wildman–Crippen LogP) is 1.11. The van der Waals surface area contributed by atoms with E-state index in [1.54, 1.807) is 11.8 Å². The maximum absolute atomic E-state index is 13.7. The van der Waals surface area contributed by atoms with Crippen LogP contribution < -0.4 is 10.9 Å². The van der Waals surface area contributed by atoms with Crippen molar-refractivity contribution in [3.63, 3.8) is 0 Å². The molecule has 2 N–H and O–H groups in total. The average molecular weight is 348 g/mol. The Morgan fingerprint density at radius 2 is 2.08 bits per heavy atom. The number of aromatic amines is 1. The van der Waals surface area contributed by atoms with Gasteiger partial charge in [0, 0.05) is 24.7 Å². The molecule has 0 saturated carbocycles. The molecule has 1 amide bonds. The number of halogens is 2. The zero-order valence-electron chi connectivity index (χ0n) is 13.7. The highest BCUT2D eigenvalue weighted by atomic mass is 19.1. The minimum Gasteiger partial charge on any atom is -0.352 e. The normalized spacial score (nSPS) is 15.0. The van der Waals surface area contributed by atoms with Crippen molar-refractivity contribution in [1.29, 1.82) is 0 Å². The number of rotatable bonds is 5. The van der Waals surface area contributed by atoms with Gasteiger partial charge in [-0.2, -0.15) is 0 Å². The summed E-state index contributed by atoms with van der Waals surface area (Å²) in [5.41, 5.74) is 0.991. The van der Waals surface area contributed by atoms with Crippen LogP contribution in [0.25, 0.3) is 0 Å². The Morgan fingerprint density at radius 1 is 1.36 bits per heavy atom. The van der Waals surface area contributed by atoms with Gasteiger partial charge in [0.15, 0.2) is 0 Å². The molecule has 0 fully saturated rings. The molecule has 1 atom stereocenters. The highest BCUT2D eigenvalue weighted by Gasteiger charge is 2.25. The van der Waals surface area contributed by atoms with E-state index >= 15 is 0 Å². The van der Waals surface area contributed by atoms with Gasteiger partial charge in [-0.3, -0.25) is 14.5 Å². The van der Waals surface area contributed by atoms with E-state index in [-0.39, 0.29) is 30.0 Å². The fraction of sp³-hybridized carbons (Fsp3) is 0.353. The average Bonchev–Trinajstić information content (AvgIpc) is 2.94. The lowest BCUT2D eigenvalue weighted by Crippen LogP contribution is -2.40. The van der Waals surface area contributed by atoms with Gasteiger partial charge in [0.2, 0.25) is 5.91 Å². The number of carbonyl (C=O) groups excluding carboxylic acids is 1. The van der Waals surface area contributed by atoms with Crippen LogP contribution in [-0.2, 0) is 24.3 Å². The summed E-state index contributed by atoms with van der Waals surface area (Å²) in [6.45, 7) is 2.54. The van der Waals surface area contributed by atoms with E-state index in [2.05, 4.69) is 15.3 Å². The van der Waals surface area contributed by atoms with Crippen LogP contribution in [0.3, 0.4) is 0 Å². The van der Waals surface area contributed by atoms with E-state index in [0.29, 0.717) is 24.3 Å². The minimum absolute atomic E-state index is 0.0420. The highest BCUT2D eigenvalue weighted by Crippen LogP contribution is 2.16. The van der Waals surface area contributed by atoms with Crippen LogP contribution in [0.5, 0.6) is 0 Å². The molecule has 0 spiro atoms. The second kappa shape index (κ2) is 7.10. The van der Waals surface area contributed by atoms with E-state index in [9.17, 15) is 18.4 Å². The number of carbonyl (C=O) groups is 1. The first-order chi connectivity index (χ1) is 11.9. The molecular formula is C17H18F2N4O2. The second-order valence-corrected chi connectivity index (χ2v) is 6.17. The van der Waals surface area contributed by atoms with Crippen molar-refractivity contribution in [3.8, 4) is 0 Å². The molecule has 0 aliphatic carbocycles. The van der Waals surface area contributed by atoms with Crippen molar-refractivity contribution < 1.29 is 13.6 Å². The molecule has 1 aliphatic rings. The van der Waals surface area contributed by atoms with Gasteiger partial charge in [0.05, 0.1) is 24.1 Å². The van der Waals surface area contributed by atoms with Gasteiger partial charge in [-0.25, -0.2) is 13.8 Å². The molecule has 0 saturated heterocycles. The number of nitrogens with one attached hydrogen (secondary N) is 2. The number of fused-ring (bicyclic) bond motifs is 1. The largest absolute Gasteiger partial charge is 0.352 e. The van der Waals surface area contributed by atoms with Crippen molar-refractivity contribution in [3.05, 3.63) is 63.3 Å². The standard InChI is InChI=1S/C17H18F2N4O2/c1-10(5-11-13(18)3-2-4-14(11)19)22-16(24)8-23-6-12-15(7-23)20-9-21-17(12)25/h2-4,9-10H,5-8H2,1H3,(H,22,24)(H,20,21,25). The molecule has 3 rings (SSSR count). The van der Waals surface area contributed by atoms with Gasteiger partial charge >= 0.3 is 0 Å². The number of benzene rings is 1. The second-order valence-electron chi connectivity index (χ2n) is 6.17. The van der Waals surface area contributed by atoms with Gasteiger partial charge in [-0.1, -0.05) is 6.07 Å². The molecule has 6 nitrogen and oxygen atoms in total. The molecule has 132 valence electrons. The van der Waals surface area contributed by atoms with Crippen molar-refractivity contribution >= 4 is 5.91 Å².